The molecule has 1 atom stereocenters. The third-order valence-corrected chi connectivity index (χ3v) is 3.39. The monoisotopic (exact) mass is 257 g/mol. The van der Waals surface area contributed by atoms with Crippen molar-refractivity contribution < 1.29 is 5.11 Å². The van der Waals surface area contributed by atoms with E-state index >= 15 is 0 Å². The molecule has 0 aliphatic heterocycles. The lowest BCUT2D eigenvalue weighted by atomic mass is 10.0. The normalized spacial score (nSPS) is 12.9. The van der Waals surface area contributed by atoms with Gasteiger partial charge in [0.25, 0.3) is 0 Å². The van der Waals surface area contributed by atoms with Gasteiger partial charge in [0.15, 0.2) is 0 Å². The zero-order valence-corrected chi connectivity index (χ0v) is 12.2. The van der Waals surface area contributed by atoms with E-state index in [1.54, 1.807) is 0 Å². The molecule has 102 valence electrons. The predicted octanol–water partition coefficient (Wildman–Crippen LogP) is 3.84. The van der Waals surface area contributed by atoms with Crippen molar-refractivity contribution in [1.29, 1.82) is 0 Å². The average Bonchev–Trinajstić information content (AvgIpc) is 2.74. The maximum atomic E-state index is 10.1. The van der Waals surface area contributed by atoms with Crippen LogP contribution in [-0.4, -0.2) is 9.67 Å². The molecule has 0 radical (unpaired) electrons. The summed E-state index contributed by atoms with van der Waals surface area (Å²) in [5.74, 6) is 0.247. The summed E-state index contributed by atoms with van der Waals surface area (Å²) >= 11 is 0. The zero-order valence-electron chi connectivity index (χ0n) is 12.2. The van der Waals surface area contributed by atoms with Crippen molar-refractivity contribution in [2.75, 3.05) is 0 Å². The van der Waals surface area contributed by atoms with Crippen molar-refractivity contribution in [3.05, 3.63) is 58.9 Å². The Bertz CT molecular complexity index is 534. The fraction of sp³-hybridized carbons (Fsp3) is 0.412. The number of aliphatic hydroxyl groups is 1. The first-order valence-electron chi connectivity index (χ1n) is 6.86. The fourth-order valence-electron chi connectivity index (χ4n) is 2.49. The molecule has 1 aromatic carbocycles. The van der Waals surface area contributed by atoms with Crippen LogP contribution in [-0.2, 0) is 6.54 Å². The number of hydrogen-bond acceptors (Lipinski definition) is 1. The van der Waals surface area contributed by atoms with Crippen molar-refractivity contribution in [3.63, 3.8) is 0 Å². The second kappa shape index (κ2) is 5.62. The highest BCUT2D eigenvalue weighted by molar-refractivity contribution is 5.29. The van der Waals surface area contributed by atoms with Crippen molar-refractivity contribution in [2.45, 2.75) is 40.3 Å². The van der Waals surface area contributed by atoms with E-state index in [9.17, 15) is 5.11 Å². The lowest BCUT2D eigenvalue weighted by Crippen LogP contribution is -2.04. The van der Waals surface area contributed by atoms with Gasteiger partial charge in [0.2, 0.25) is 0 Å². The van der Waals surface area contributed by atoms with E-state index < -0.39 is 0 Å². The molecule has 2 aromatic rings. The van der Waals surface area contributed by atoms with Crippen molar-refractivity contribution >= 4 is 0 Å². The Labute approximate surface area is 115 Å². The molecule has 1 unspecified atom stereocenters. The first-order valence-corrected chi connectivity index (χ1v) is 6.86. The smallest absolute Gasteiger partial charge is 0.0827 e. The summed E-state index contributed by atoms with van der Waals surface area (Å²) < 4.78 is 2.13. The van der Waals surface area contributed by atoms with E-state index in [2.05, 4.69) is 36.6 Å². The second-order valence-corrected chi connectivity index (χ2v) is 5.80. The third kappa shape index (κ3) is 3.48. The van der Waals surface area contributed by atoms with Gasteiger partial charge in [-0.15, -0.1) is 0 Å². The maximum absolute atomic E-state index is 10.1. The minimum Gasteiger partial charge on any atom is -0.388 e. The Balaban J connectivity index is 2.15. The quantitative estimate of drug-likeness (QED) is 0.884. The Kier molecular flexibility index (Phi) is 4.11. The molecule has 0 spiro atoms. The van der Waals surface area contributed by atoms with Gasteiger partial charge in [0.05, 0.1) is 6.10 Å². The molecule has 0 saturated carbocycles. The fourth-order valence-corrected chi connectivity index (χ4v) is 2.49. The van der Waals surface area contributed by atoms with Crippen LogP contribution in [0.25, 0.3) is 0 Å². The molecule has 1 N–H and O–H groups in total. The molecular weight excluding hydrogens is 234 g/mol. The van der Waals surface area contributed by atoms with Crippen LogP contribution in [0.4, 0.5) is 0 Å². The Morgan fingerprint density at radius 2 is 1.74 bits per heavy atom. The van der Waals surface area contributed by atoms with E-state index in [1.165, 1.54) is 16.7 Å². The summed E-state index contributed by atoms with van der Waals surface area (Å²) in [5.41, 5.74) is 4.90. The van der Waals surface area contributed by atoms with E-state index in [0.29, 0.717) is 0 Å². The van der Waals surface area contributed by atoms with Crippen molar-refractivity contribution in [3.8, 4) is 0 Å². The summed E-state index contributed by atoms with van der Waals surface area (Å²) in [6, 6.07) is 8.62. The molecule has 1 aromatic heterocycles. The molecule has 0 fully saturated rings. The van der Waals surface area contributed by atoms with Gasteiger partial charge in [0.1, 0.15) is 0 Å². The molecule has 0 aliphatic carbocycles. The summed E-state index contributed by atoms with van der Waals surface area (Å²) in [6.07, 6.45) is 3.71. The minimum absolute atomic E-state index is 0.247. The van der Waals surface area contributed by atoms with E-state index in [-0.39, 0.29) is 12.0 Å². The van der Waals surface area contributed by atoms with Crippen LogP contribution in [0.2, 0.25) is 0 Å². The Morgan fingerprint density at radius 1 is 1.11 bits per heavy atom. The third-order valence-electron chi connectivity index (χ3n) is 3.39. The number of aryl methyl sites for hydroxylation is 2. The van der Waals surface area contributed by atoms with E-state index in [4.69, 9.17) is 0 Å². The Hall–Kier alpha value is -1.54. The molecule has 19 heavy (non-hydrogen) atoms. The van der Waals surface area contributed by atoms with Gasteiger partial charge in [-0.05, 0) is 37.0 Å². The first-order chi connectivity index (χ1) is 8.95. The molecule has 0 amide bonds. The molecule has 0 saturated heterocycles. The number of aliphatic hydroxyl groups excluding tert-OH is 1. The predicted molar refractivity (Wildman–Crippen MR) is 79.2 cm³/mol. The van der Waals surface area contributed by atoms with Crippen LogP contribution in [0.5, 0.6) is 0 Å². The molecule has 0 bridgehead atoms. The first kappa shape index (κ1) is 13.9. The highest BCUT2D eigenvalue weighted by atomic mass is 16.3. The lowest BCUT2D eigenvalue weighted by molar-refractivity contribution is 0.127. The summed E-state index contributed by atoms with van der Waals surface area (Å²) in [5, 5.41) is 10.1. The largest absolute Gasteiger partial charge is 0.388 e. The molecule has 1 heterocycles. The molecule has 2 nitrogen and oxygen atoms in total. The second-order valence-electron chi connectivity index (χ2n) is 5.80. The number of hydrogen-bond donors (Lipinski definition) is 1. The lowest BCUT2D eigenvalue weighted by Gasteiger charge is -2.12. The topological polar surface area (TPSA) is 25.2 Å². The van der Waals surface area contributed by atoms with E-state index in [1.807, 2.05) is 32.3 Å². The number of aromatic nitrogens is 1. The number of rotatable bonds is 4. The molecular formula is C17H23NO. The highest BCUT2D eigenvalue weighted by Crippen LogP contribution is 2.22. The van der Waals surface area contributed by atoms with Gasteiger partial charge in [-0.25, -0.2) is 0 Å². The minimum atomic E-state index is -0.375. The maximum Gasteiger partial charge on any atom is 0.0827 e. The number of nitrogens with zero attached hydrogens (tertiary/aromatic N) is 1. The van der Waals surface area contributed by atoms with Crippen LogP contribution in [0, 0.1) is 19.8 Å². The standard InChI is InChI=1S/C17H23NO/c1-12(2)17(19)16-5-6-18(11-16)10-15-8-13(3)7-14(4)9-15/h5-9,11-12,17,19H,10H2,1-4H3. The number of benzene rings is 1. The van der Waals surface area contributed by atoms with Crippen LogP contribution in [0.3, 0.4) is 0 Å². The Morgan fingerprint density at radius 3 is 2.32 bits per heavy atom. The zero-order chi connectivity index (χ0) is 14.0. The molecule has 0 aliphatic rings. The average molecular weight is 257 g/mol. The van der Waals surface area contributed by atoms with Gasteiger partial charge in [0, 0.05) is 18.9 Å². The summed E-state index contributed by atoms with van der Waals surface area (Å²) in [4.78, 5) is 0. The van der Waals surface area contributed by atoms with E-state index in [0.717, 1.165) is 12.1 Å². The summed E-state index contributed by atoms with van der Waals surface area (Å²) in [7, 11) is 0. The van der Waals surface area contributed by atoms with Gasteiger partial charge in [-0.1, -0.05) is 43.2 Å². The molecule has 2 heteroatoms. The highest BCUT2D eigenvalue weighted by Gasteiger charge is 2.13. The van der Waals surface area contributed by atoms with Crippen molar-refractivity contribution in [1.82, 2.24) is 4.57 Å². The SMILES string of the molecule is Cc1cc(C)cc(Cn2ccc(C(O)C(C)C)c2)c1. The summed E-state index contributed by atoms with van der Waals surface area (Å²) in [6.45, 7) is 9.17. The molecule has 2 rings (SSSR count). The van der Waals surface area contributed by atoms with Gasteiger partial charge < -0.3 is 9.67 Å². The van der Waals surface area contributed by atoms with Gasteiger partial charge >= 0.3 is 0 Å². The van der Waals surface area contributed by atoms with Crippen LogP contribution in [0.1, 0.15) is 42.2 Å². The van der Waals surface area contributed by atoms with Crippen molar-refractivity contribution in [2.24, 2.45) is 5.92 Å². The van der Waals surface area contributed by atoms with Crippen LogP contribution >= 0.6 is 0 Å². The van der Waals surface area contributed by atoms with Crippen LogP contribution in [0.15, 0.2) is 36.7 Å². The van der Waals surface area contributed by atoms with Gasteiger partial charge in [-0.2, -0.15) is 0 Å². The van der Waals surface area contributed by atoms with Gasteiger partial charge in [-0.3, -0.25) is 0 Å². The van der Waals surface area contributed by atoms with Crippen LogP contribution < -0.4 is 0 Å².